The number of hydrogen-bond donors (Lipinski definition) is 1. The molecule has 1 saturated heterocycles. The first-order chi connectivity index (χ1) is 14.4. The largest absolute Gasteiger partial charge is 0.496 e. The minimum Gasteiger partial charge on any atom is -0.496 e. The number of nitrogens with zero attached hydrogens (tertiary/aromatic N) is 2. The molecule has 2 aromatic rings. The number of hydrogen-bond acceptors (Lipinski definition) is 4. The standard InChI is InChI=1S/C22H25BrClN3O3/c1-3-4-21(28)27-11-9-26(10-12-27)19-7-6-16(24)14-18(19)25-22(29)17-13-15(23)5-8-20(17)30-2/h5-8,13-14H,3-4,9-12H2,1-2H3,(H,25,29). The SMILES string of the molecule is CCCC(=O)N1CCN(c2ccc(Cl)cc2NC(=O)c2cc(Br)ccc2OC)CC1. The first-order valence-electron chi connectivity index (χ1n) is 9.90. The van der Waals surface area contributed by atoms with Crippen molar-refractivity contribution in [1.82, 2.24) is 4.90 Å². The van der Waals surface area contributed by atoms with E-state index in [-0.39, 0.29) is 11.8 Å². The highest BCUT2D eigenvalue weighted by Crippen LogP contribution is 2.32. The second-order valence-electron chi connectivity index (χ2n) is 7.08. The molecule has 0 aromatic heterocycles. The molecule has 2 aromatic carbocycles. The van der Waals surface area contributed by atoms with Gasteiger partial charge in [-0.3, -0.25) is 9.59 Å². The molecule has 3 rings (SSSR count). The molecule has 0 atom stereocenters. The van der Waals surface area contributed by atoms with Crippen LogP contribution in [-0.2, 0) is 4.79 Å². The Morgan fingerprint density at radius 1 is 1.13 bits per heavy atom. The number of halogens is 2. The lowest BCUT2D eigenvalue weighted by Crippen LogP contribution is -2.48. The lowest BCUT2D eigenvalue weighted by Gasteiger charge is -2.37. The van der Waals surface area contributed by atoms with E-state index < -0.39 is 0 Å². The highest BCUT2D eigenvalue weighted by Gasteiger charge is 2.23. The minimum atomic E-state index is -0.284. The Morgan fingerprint density at radius 3 is 2.53 bits per heavy atom. The molecular weight excluding hydrogens is 470 g/mol. The van der Waals surface area contributed by atoms with Gasteiger partial charge in [0.25, 0.3) is 5.91 Å². The molecule has 1 fully saturated rings. The zero-order valence-electron chi connectivity index (χ0n) is 17.1. The average molecular weight is 495 g/mol. The minimum absolute atomic E-state index is 0.198. The summed E-state index contributed by atoms with van der Waals surface area (Å²) in [6.45, 7) is 4.72. The van der Waals surface area contributed by atoms with Gasteiger partial charge in [-0.25, -0.2) is 0 Å². The second-order valence-corrected chi connectivity index (χ2v) is 8.43. The van der Waals surface area contributed by atoms with Gasteiger partial charge in [0.15, 0.2) is 0 Å². The van der Waals surface area contributed by atoms with Crippen molar-refractivity contribution in [1.29, 1.82) is 0 Å². The molecule has 30 heavy (non-hydrogen) atoms. The molecule has 1 heterocycles. The van der Waals surface area contributed by atoms with E-state index in [1.54, 1.807) is 24.3 Å². The summed E-state index contributed by atoms with van der Waals surface area (Å²) in [7, 11) is 1.53. The van der Waals surface area contributed by atoms with Crippen LogP contribution in [0.1, 0.15) is 30.1 Å². The fourth-order valence-electron chi connectivity index (χ4n) is 3.50. The van der Waals surface area contributed by atoms with Gasteiger partial charge in [-0.1, -0.05) is 34.5 Å². The maximum Gasteiger partial charge on any atom is 0.259 e. The van der Waals surface area contributed by atoms with Crippen molar-refractivity contribution in [2.24, 2.45) is 0 Å². The first-order valence-corrected chi connectivity index (χ1v) is 11.1. The van der Waals surface area contributed by atoms with E-state index in [4.69, 9.17) is 16.3 Å². The summed E-state index contributed by atoms with van der Waals surface area (Å²) in [6.07, 6.45) is 1.43. The number of methoxy groups -OCH3 is 1. The predicted octanol–water partition coefficient (Wildman–Crippen LogP) is 4.81. The predicted molar refractivity (Wildman–Crippen MR) is 124 cm³/mol. The number of piperazine rings is 1. The number of carbonyl (C=O) groups is 2. The van der Waals surface area contributed by atoms with Gasteiger partial charge in [0, 0.05) is 42.1 Å². The second kappa shape index (κ2) is 10.2. The number of anilines is 2. The molecule has 160 valence electrons. The van der Waals surface area contributed by atoms with Crippen LogP contribution in [0.3, 0.4) is 0 Å². The third kappa shape index (κ3) is 5.26. The first kappa shape index (κ1) is 22.4. The van der Waals surface area contributed by atoms with Gasteiger partial charge in [-0.05, 0) is 42.8 Å². The van der Waals surface area contributed by atoms with E-state index >= 15 is 0 Å². The van der Waals surface area contributed by atoms with E-state index in [0.717, 1.165) is 16.6 Å². The summed E-state index contributed by atoms with van der Waals surface area (Å²) < 4.78 is 6.11. The van der Waals surface area contributed by atoms with Gasteiger partial charge >= 0.3 is 0 Å². The number of carbonyl (C=O) groups excluding carboxylic acids is 2. The van der Waals surface area contributed by atoms with Crippen molar-refractivity contribution in [2.75, 3.05) is 43.5 Å². The Balaban J connectivity index is 1.79. The molecular formula is C22H25BrClN3O3. The maximum atomic E-state index is 13.0. The topological polar surface area (TPSA) is 61.9 Å². The monoisotopic (exact) mass is 493 g/mol. The Morgan fingerprint density at radius 2 is 1.87 bits per heavy atom. The van der Waals surface area contributed by atoms with Crippen LogP contribution in [0.25, 0.3) is 0 Å². The van der Waals surface area contributed by atoms with Crippen molar-refractivity contribution < 1.29 is 14.3 Å². The molecule has 0 saturated carbocycles. The van der Waals surface area contributed by atoms with Crippen molar-refractivity contribution in [3.63, 3.8) is 0 Å². The normalized spacial score (nSPS) is 13.9. The molecule has 0 aliphatic carbocycles. The number of nitrogens with one attached hydrogen (secondary N) is 1. The fraction of sp³-hybridized carbons (Fsp3) is 0.364. The summed E-state index contributed by atoms with van der Waals surface area (Å²) >= 11 is 9.61. The third-order valence-corrected chi connectivity index (χ3v) is 5.78. The molecule has 1 aliphatic rings. The lowest BCUT2D eigenvalue weighted by molar-refractivity contribution is -0.131. The highest BCUT2D eigenvalue weighted by atomic mass is 79.9. The lowest BCUT2D eigenvalue weighted by atomic mass is 10.1. The van der Waals surface area contributed by atoms with E-state index in [1.165, 1.54) is 7.11 Å². The molecule has 1 N–H and O–H groups in total. The number of amides is 2. The van der Waals surface area contributed by atoms with Crippen LogP contribution in [0, 0.1) is 0 Å². The van der Waals surface area contributed by atoms with Crippen molar-refractivity contribution in [2.45, 2.75) is 19.8 Å². The summed E-state index contributed by atoms with van der Waals surface area (Å²) in [4.78, 5) is 29.2. The number of ether oxygens (including phenoxy) is 1. The van der Waals surface area contributed by atoms with Gasteiger partial charge in [0.1, 0.15) is 5.75 Å². The fourth-order valence-corrected chi connectivity index (χ4v) is 4.03. The smallest absolute Gasteiger partial charge is 0.259 e. The molecule has 0 bridgehead atoms. The maximum absolute atomic E-state index is 13.0. The van der Waals surface area contributed by atoms with Crippen LogP contribution in [0.5, 0.6) is 5.75 Å². The van der Waals surface area contributed by atoms with E-state index in [0.29, 0.717) is 54.6 Å². The van der Waals surface area contributed by atoms with Crippen molar-refractivity contribution in [3.05, 3.63) is 51.5 Å². The zero-order chi connectivity index (χ0) is 21.7. The van der Waals surface area contributed by atoms with E-state index in [9.17, 15) is 9.59 Å². The Bertz CT molecular complexity index is 930. The van der Waals surface area contributed by atoms with Crippen molar-refractivity contribution in [3.8, 4) is 5.75 Å². The van der Waals surface area contributed by atoms with Crippen LogP contribution in [0.2, 0.25) is 5.02 Å². The Labute approximate surface area is 190 Å². The van der Waals surface area contributed by atoms with Gasteiger partial charge in [0.05, 0.1) is 24.0 Å². The van der Waals surface area contributed by atoms with Gasteiger partial charge < -0.3 is 19.9 Å². The average Bonchev–Trinajstić information content (AvgIpc) is 2.74. The molecule has 2 amide bonds. The molecule has 6 nitrogen and oxygen atoms in total. The quantitative estimate of drug-likeness (QED) is 0.626. The van der Waals surface area contributed by atoms with Gasteiger partial charge in [-0.2, -0.15) is 0 Å². The summed E-state index contributed by atoms with van der Waals surface area (Å²) in [5.74, 6) is 0.402. The molecule has 0 radical (unpaired) electrons. The molecule has 0 unspecified atom stereocenters. The number of benzene rings is 2. The van der Waals surface area contributed by atoms with Crippen LogP contribution in [0.15, 0.2) is 40.9 Å². The molecule has 1 aliphatic heterocycles. The Kier molecular flexibility index (Phi) is 7.61. The highest BCUT2D eigenvalue weighted by molar-refractivity contribution is 9.10. The zero-order valence-corrected chi connectivity index (χ0v) is 19.4. The number of rotatable bonds is 6. The molecule has 8 heteroatoms. The van der Waals surface area contributed by atoms with Crippen LogP contribution >= 0.6 is 27.5 Å². The third-order valence-electron chi connectivity index (χ3n) is 5.05. The summed E-state index contributed by atoms with van der Waals surface area (Å²) in [6, 6.07) is 10.7. The van der Waals surface area contributed by atoms with Crippen LogP contribution in [0.4, 0.5) is 11.4 Å². The summed E-state index contributed by atoms with van der Waals surface area (Å²) in [5, 5.41) is 3.51. The van der Waals surface area contributed by atoms with E-state index in [1.807, 2.05) is 24.0 Å². The van der Waals surface area contributed by atoms with Crippen molar-refractivity contribution >= 4 is 50.7 Å². The van der Waals surface area contributed by atoms with E-state index in [2.05, 4.69) is 26.1 Å². The Hall–Kier alpha value is -2.25. The van der Waals surface area contributed by atoms with Crippen LogP contribution < -0.4 is 15.0 Å². The van der Waals surface area contributed by atoms with Gasteiger partial charge in [-0.15, -0.1) is 0 Å². The summed E-state index contributed by atoms with van der Waals surface area (Å²) in [5.41, 5.74) is 1.93. The molecule has 0 spiro atoms. The van der Waals surface area contributed by atoms with Gasteiger partial charge in [0.2, 0.25) is 5.91 Å². The van der Waals surface area contributed by atoms with Crippen LogP contribution in [-0.4, -0.2) is 50.0 Å².